The summed E-state index contributed by atoms with van der Waals surface area (Å²) in [5.41, 5.74) is 7.10. The van der Waals surface area contributed by atoms with Gasteiger partial charge in [-0.25, -0.2) is 8.42 Å². The van der Waals surface area contributed by atoms with Crippen molar-refractivity contribution in [2.24, 2.45) is 0 Å². The summed E-state index contributed by atoms with van der Waals surface area (Å²) in [6, 6.07) is 5.31. The molecule has 1 heterocycles. The number of anilines is 2. The number of sulfone groups is 1. The topological polar surface area (TPSA) is 72.6 Å². The van der Waals surface area contributed by atoms with Gasteiger partial charge in [0.15, 0.2) is 9.84 Å². The molecule has 0 spiro atoms. The number of nitrogens with zero attached hydrogens (tertiary/aromatic N) is 1. The first-order valence-corrected chi connectivity index (χ1v) is 7.73. The van der Waals surface area contributed by atoms with Crippen LogP contribution in [0.3, 0.4) is 0 Å². The lowest BCUT2D eigenvalue weighted by Crippen LogP contribution is -2.44. The summed E-state index contributed by atoms with van der Waals surface area (Å²) in [6.07, 6.45) is 1.17. The predicted molar refractivity (Wildman–Crippen MR) is 71.6 cm³/mol. The lowest BCUT2D eigenvalue weighted by atomic mass is 10.2. The fourth-order valence-corrected chi connectivity index (χ4v) is 3.02. The van der Waals surface area contributed by atoms with Crippen LogP contribution in [0.15, 0.2) is 23.1 Å². The van der Waals surface area contributed by atoms with E-state index >= 15 is 0 Å². The average molecular weight is 270 g/mol. The van der Waals surface area contributed by atoms with Gasteiger partial charge >= 0.3 is 0 Å². The molecule has 2 N–H and O–H groups in total. The van der Waals surface area contributed by atoms with Gasteiger partial charge in [0.1, 0.15) is 0 Å². The molecule has 1 unspecified atom stereocenters. The second-order valence-corrected chi connectivity index (χ2v) is 6.56. The van der Waals surface area contributed by atoms with Crippen LogP contribution >= 0.6 is 0 Å². The molecule has 2 rings (SSSR count). The molecule has 6 heteroatoms. The number of hydrogen-bond acceptors (Lipinski definition) is 5. The quantitative estimate of drug-likeness (QED) is 0.808. The number of nitrogens with two attached hydrogens (primary N) is 1. The van der Waals surface area contributed by atoms with Gasteiger partial charge < -0.3 is 15.4 Å². The summed E-state index contributed by atoms with van der Waals surface area (Å²) < 4.78 is 28.7. The largest absolute Gasteiger partial charge is 0.396 e. The lowest BCUT2D eigenvalue weighted by molar-refractivity contribution is 0.0990. The van der Waals surface area contributed by atoms with Crippen molar-refractivity contribution in [3.8, 4) is 0 Å². The van der Waals surface area contributed by atoms with Gasteiger partial charge in [-0.1, -0.05) is 6.07 Å². The SMILES string of the molecule is CC1COCCN1c1cccc(S(C)(=O)=O)c1N. The number of para-hydroxylation sites is 1. The van der Waals surface area contributed by atoms with E-state index in [1.807, 2.05) is 13.0 Å². The van der Waals surface area contributed by atoms with Crippen LogP contribution in [0.1, 0.15) is 6.92 Å². The third-order valence-corrected chi connectivity index (χ3v) is 4.27. The van der Waals surface area contributed by atoms with Crippen LogP contribution in [0.25, 0.3) is 0 Å². The molecule has 0 aromatic heterocycles. The number of hydrogen-bond donors (Lipinski definition) is 1. The second-order valence-electron chi connectivity index (χ2n) is 4.58. The number of nitrogen functional groups attached to an aromatic ring is 1. The smallest absolute Gasteiger partial charge is 0.177 e. The molecule has 1 aromatic rings. The standard InChI is InChI=1S/C12H18N2O3S/c1-9-8-17-7-6-14(9)10-4-3-5-11(12(10)13)18(2,15)16/h3-5,9H,6-8,13H2,1-2H3. The number of rotatable bonds is 2. The molecule has 0 amide bonds. The molecule has 0 bridgehead atoms. The summed E-state index contributed by atoms with van der Waals surface area (Å²) in [5, 5.41) is 0. The summed E-state index contributed by atoms with van der Waals surface area (Å²) in [7, 11) is -3.30. The van der Waals surface area contributed by atoms with Gasteiger partial charge in [-0.2, -0.15) is 0 Å². The minimum absolute atomic E-state index is 0.191. The number of ether oxygens (including phenoxy) is 1. The highest BCUT2D eigenvalue weighted by Crippen LogP contribution is 2.31. The Bertz CT molecular complexity index is 542. The molecular formula is C12H18N2O3S. The molecule has 1 aliphatic heterocycles. The van der Waals surface area contributed by atoms with Gasteiger partial charge in [0, 0.05) is 18.8 Å². The third kappa shape index (κ3) is 2.44. The molecule has 100 valence electrons. The van der Waals surface area contributed by atoms with Gasteiger partial charge in [-0.05, 0) is 19.1 Å². The number of morpholine rings is 1. The fraction of sp³-hybridized carbons (Fsp3) is 0.500. The van der Waals surface area contributed by atoms with Crippen LogP contribution in [-0.4, -0.2) is 40.5 Å². The zero-order valence-corrected chi connectivity index (χ0v) is 11.4. The highest BCUT2D eigenvalue weighted by Gasteiger charge is 2.23. The van der Waals surface area contributed by atoms with E-state index in [-0.39, 0.29) is 10.9 Å². The van der Waals surface area contributed by atoms with Crippen LogP contribution in [0.5, 0.6) is 0 Å². The molecule has 5 nitrogen and oxygen atoms in total. The lowest BCUT2D eigenvalue weighted by Gasteiger charge is -2.36. The summed E-state index contributed by atoms with van der Waals surface area (Å²) in [6.45, 7) is 4.01. The first-order chi connectivity index (χ1) is 8.41. The second kappa shape index (κ2) is 4.78. The molecule has 1 atom stereocenters. The maximum absolute atomic E-state index is 11.6. The summed E-state index contributed by atoms with van der Waals surface area (Å²) in [5.74, 6) is 0. The van der Waals surface area contributed by atoms with Gasteiger partial charge in [0.05, 0.1) is 29.5 Å². The summed E-state index contributed by atoms with van der Waals surface area (Å²) >= 11 is 0. The van der Waals surface area contributed by atoms with E-state index in [1.165, 1.54) is 6.26 Å². The molecule has 1 saturated heterocycles. The Hall–Kier alpha value is -1.27. The minimum atomic E-state index is -3.30. The predicted octanol–water partition coefficient (Wildman–Crippen LogP) is 0.897. The molecule has 0 aliphatic carbocycles. The molecule has 1 aromatic carbocycles. The van der Waals surface area contributed by atoms with Crippen LogP contribution in [-0.2, 0) is 14.6 Å². The van der Waals surface area contributed by atoms with Gasteiger partial charge in [0.25, 0.3) is 0 Å². The van der Waals surface area contributed by atoms with E-state index in [2.05, 4.69) is 4.90 Å². The van der Waals surface area contributed by atoms with Crippen molar-refractivity contribution >= 4 is 21.2 Å². The first kappa shape index (κ1) is 13.2. The molecule has 1 aliphatic rings. The minimum Gasteiger partial charge on any atom is -0.396 e. The fourth-order valence-electron chi connectivity index (χ4n) is 2.19. The molecular weight excluding hydrogens is 252 g/mol. The van der Waals surface area contributed by atoms with Crippen LogP contribution in [0.4, 0.5) is 11.4 Å². The Balaban J connectivity index is 2.46. The maximum atomic E-state index is 11.6. The van der Waals surface area contributed by atoms with E-state index in [1.54, 1.807) is 12.1 Å². The molecule has 0 saturated carbocycles. The van der Waals surface area contributed by atoms with E-state index < -0.39 is 9.84 Å². The zero-order valence-electron chi connectivity index (χ0n) is 10.6. The van der Waals surface area contributed by atoms with Crippen molar-refractivity contribution in [2.75, 3.05) is 36.6 Å². The number of benzene rings is 1. The first-order valence-electron chi connectivity index (χ1n) is 5.84. The average Bonchev–Trinajstić information content (AvgIpc) is 2.29. The Kier molecular flexibility index (Phi) is 3.49. The Morgan fingerprint density at radius 2 is 2.17 bits per heavy atom. The monoisotopic (exact) mass is 270 g/mol. The van der Waals surface area contributed by atoms with Gasteiger partial charge in [-0.15, -0.1) is 0 Å². The van der Waals surface area contributed by atoms with Crippen LogP contribution in [0, 0.1) is 0 Å². The van der Waals surface area contributed by atoms with Crippen molar-refractivity contribution in [1.29, 1.82) is 0 Å². The van der Waals surface area contributed by atoms with E-state index in [4.69, 9.17) is 10.5 Å². The zero-order chi connectivity index (χ0) is 13.3. The normalized spacial score (nSPS) is 21.0. The molecule has 0 radical (unpaired) electrons. The van der Waals surface area contributed by atoms with Crippen molar-refractivity contribution in [2.45, 2.75) is 17.9 Å². The Morgan fingerprint density at radius 1 is 1.44 bits per heavy atom. The van der Waals surface area contributed by atoms with E-state index in [9.17, 15) is 8.42 Å². The van der Waals surface area contributed by atoms with Crippen molar-refractivity contribution in [3.63, 3.8) is 0 Å². The highest BCUT2D eigenvalue weighted by atomic mass is 32.2. The van der Waals surface area contributed by atoms with E-state index in [0.717, 1.165) is 12.2 Å². The highest BCUT2D eigenvalue weighted by molar-refractivity contribution is 7.90. The van der Waals surface area contributed by atoms with E-state index in [0.29, 0.717) is 18.9 Å². The van der Waals surface area contributed by atoms with Gasteiger partial charge in [0.2, 0.25) is 0 Å². The Morgan fingerprint density at radius 3 is 2.78 bits per heavy atom. The van der Waals surface area contributed by atoms with Gasteiger partial charge in [-0.3, -0.25) is 0 Å². The summed E-state index contributed by atoms with van der Waals surface area (Å²) in [4.78, 5) is 2.28. The van der Waals surface area contributed by atoms with Crippen molar-refractivity contribution in [3.05, 3.63) is 18.2 Å². The van der Waals surface area contributed by atoms with Crippen LogP contribution in [0.2, 0.25) is 0 Å². The Labute approximate surface area is 107 Å². The molecule has 18 heavy (non-hydrogen) atoms. The third-order valence-electron chi connectivity index (χ3n) is 3.12. The molecule has 1 fully saturated rings. The maximum Gasteiger partial charge on any atom is 0.177 e. The van der Waals surface area contributed by atoms with Crippen molar-refractivity contribution in [1.82, 2.24) is 0 Å². The van der Waals surface area contributed by atoms with Crippen LogP contribution < -0.4 is 10.6 Å². The van der Waals surface area contributed by atoms with Crippen molar-refractivity contribution < 1.29 is 13.2 Å².